The molecule has 3 rings (SSSR count). The molecule has 2 aliphatic rings. The third-order valence-corrected chi connectivity index (χ3v) is 7.01. The van der Waals surface area contributed by atoms with Gasteiger partial charge in [-0.05, 0) is 38.1 Å². The normalized spacial score (nSPS) is 24.2. The summed E-state index contributed by atoms with van der Waals surface area (Å²) in [5.74, 6) is 0.148. The molecule has 0 radical (unpaired) electrons. The Labute approximate surface area is 160 Å². The first kappa shape index (κ1) is 20.2. The van der Waals surface area contributed by atoms with Crippen LogP contribution in [0.1, 0.15) is 25.7 Å². The minimum atomic E-state index is -3.57. The Morgan fingerprint density at radius 3 is 3.00 bits per heavy atom. The maximum atomic E-state index is 12.9. The Balaban J connectivity index is 1.56. The lowest BCUT2D eigenvalue weighted by Gasteiger charge is -2.31. The summed E-state index contributed by atoms with van der Waals surface area (Å²) in [6.07, 6.45) is 6.53. The zero-order chi connectivity index (χ0) is 19.3. The SMILES string of the molecule is COCCn1cc(S(=O)(=O)N2CCCC(CNC(=O)C3CCCN3)C2)cn1. The molecule has 0 bridgehead atoms. The molecule has 1 aromatic heterocycles. The van der Waals surface area contributed by atoms with E-state index in [4.69, 9.17) is 4.74 Å². The highest BCUT2D eigenvalue weighted by Crippen LogP contribution is 2.23. The van der Waals surface area contributed by atoms with Crippen LogP contribution in [0, 0.1) is 5.92 Å². The zero-order valence-corrected chi connectivity index (χ0v) is 16.6. The topological polar surface area (TPSA) is 106 Å². The van der Waals surface area contributed by atoms with Crippen LogP contribution in [0.4, 0.5) is 0 Å². The molecule has 0 aliphatic carbocycles. The second kappa shape index (κ2) is 9.13. The predicted molar refractivity (Wildman–Crippen MR) is 99.6 cm³/mol. The molecule has 10 heteroatoms. The molecule has 3 heterocycles. The van der Waals surface area contributed by atoms with Crippen molar-refractivity contribution in [3.05, 3.63) is 12.4 Å². The van der Waals surface area contributed by atoms with Crippen molar-refractivity contribution in [2.75, 3.05) is 39.9 Å². The van der Waals surface area contributed by atoms with Gasteiger partial charge in [-0.15, -0.1) is 0 Å². The van der Waals surface area contributed by atoms with E-state index < -0.39 is 10.0 Å². The van der Waals surface area contributed by atoms with Gasteiger partial charge in [0.2, 0.25) is 15.9 Å². The van der Waals surface area contributed by atoms with Gasteiger partial charge in [0.25, 0.3) is 0 Å². The molecule has 1 aromatic rings. The zero-order valence-electron chi connectivity index (χ0n) is 15.8. The number of nitrogens with one attached hydrogen (secondary N) is 2. The van der Waals surface area contributed by atoms with Crippen LogP contribution in [0.15, 0.2) is 17.3 Å². The molecule has 152 valence electrons. The number of hydrogen-bond acceptors (Lipinski definition) is 6. The first-order valence-corrected chi connectivity index (χ1v) is 11.0. The van der Waals surface area contributed by atoms with E-state index in [1.54, 1.807) is 18.0 Å². The van der Waals surface area contributed by atoms with Crippen LogP contribution < -0.4 is 10.6 Å². The van der Waals surface area contributed by atoms with Gasteiger partial charge in [-0.25, -0.2) is 8.42 Å². The van der Waals surface area contributed by atoms with E-state index in [2.05, 4.69) is 15.7 Å². The number of carbonyl (C=O) groups is 1. The molecular formula is C17H29N5O4S. The van der Waals surface area contributed by atoms with Gasteiger partial charge in [-0.1, -0.05) is 0 Å². The average molecular weight is 400 g/mol. The van der Waals surface area contributed by atoms with Crippen molar-refractivity contribution in [1.82, 2.24) is 24.7 Å². The van der Waals surface area contributed by atoms with E-state index in [9.17, 15) is 13.2 Å². The highest BCUT2D eigenvalue weighted by Gasteiger charge is 2.32. The molecule has 2 saturated heterocycles. The standard InChI is InChI=1S/C17H29N5O4S/c1-26-9-8-21-13-15(11-20-21)27(24,25)22-7-3-4-14(12-22)10-19-17(23)16-5-2-6-18-16/h11,13-14,16,18H,2-10,12H2,1H3,(H,19,23). The summed E-state index contributed by atoms with van der Waals surface area (Å²) in [4.78, 5) is 12.4. The van der Waals surface area contributed by atoms with E-state index in [-0.39, 0.29) is 22.8 Å². The third-order valence-electron chi connectivity index (χ3n) is 5.20. The van der Waals surface area contributed by atoms with Gasteiger partial charge in [-0.3, -0.25) is 9.48 Å². The lowest BCUT2D eigenvalue weighted by atomic mass is 9.99. The molecular weight excluding hydrogens is 370 g/mol. The van der Waals surface area contributed by atoms with Crippen molar-refractivity contribution >= 4 is 15.9 Å². The number of ether oxygens (including phenoxy) is 1. The average Bonchev–Trinajstić information content (AvgIpc) is 3.37. The number of sulfonamides is 1. The fraction of sp³-hybridized carbons (Fsp3) is 0.765. The van der Waals surface area contributed by atoms with Crippen LogP contribution >= 0.6 is 0 Å². The Kier molecular flexibility index (Phi) is 6.85. The summed E-state index contributed by atoms with van der Waals surface area (Å²) in [6.45, 7) is 3.30. The fourth-order valence-electron chi connectivity index (χ4n) is 3.62. The van der Waals surface area contributed by atoms with E-state index in [1.165, 1.54) is 10.5 Å². The first-order valence-electron chi connectivity index (χ1n) is 9.53. The minimum Gasteiger partial charge on any atom is -0.383 e. The molecule has 0 aromatic carbocycles. The molecule has 2 N–H and O–H groups in total. The number of methoxy groups -OCH3 is 1. The summed E-state index contributed by atoms with van der Waals surface area (Å²) in [7, 11) is -1.98. The first-order chi connectivity index (χ1) is 13.0. The van der Waals surface area contributed by atoms with Crippen molar-refractivity contribution in [2.24, 2.45) is 5.92 Å². The van der Waals surface area contributed by atoms with Crippen LogP contribution in [0.5, 0.6) is 0 Å². The number of nitrogens with zero attached hydrogens (tertiary/aromatic N) is 3. The maximum absolute atomic E-state index is 12.9. The molecule has 27 heavy (non-hydrogen) atoms. The molecule has 2 atom stereocenters. The molecule has 9 nitrogen and oxygen atoms in total. The number of piperidine rings is 1. The molecule has 2 aliphatic heterocycles. The number of aromatic nitrogens is 2. The second-order valence-electron chi connectivity index (χ2n) is 7.20. The van der Waals surface area contributed by atoms with Gasteiger partial charge in [0.1, 0.15) is 4.90 Å². The van der Waals surface area contributed by atoms with Gasteiger partial charge in [0.15, 0.2) is 0 Å². The minimum absolute atomic E-state index is 0.0203. The molecule has 1 amide bonds. The highest BCUT2D eigenvalue weighted by atomic mass is 32.2. The molecule has 2 unspecified atom stereocenters. The van der Waals surface area contributed by atoms with E-state index in [0.29, 0.717) is 32.8 Å². The Bertz CT molecular complexity index is 729. The molecule has 2 fully saturated rings. The van der Waals surface area contributed by atoms with Crippen LogP contribution in [0.2, 0.25) is 0 Å². The Morgan fingerprint density at radius 2 is 2.26 bits per heavy atom. The summed E-state index contributed by atoms with van der Waals surface area (Å²) in [5.41, 5.74) is 0. The monoisotopic (exact) mass is 399 g/mol. The smallest absolute Gasteiger partial charge is 0.246 e. The summed E-state index contributed by atoms with van der Waals surface area (Å²) < 4.78 is 33.9. The summed E-state index contributed by atoms with van der Waals surface area (Å²) in [6, 6.07) is -0.105. The Morgan fingerprint density at radius 1 is 1.41 bits per heavy atom. The van der Waals surface area contributed by atoms with Gasteiger partial charge in [0, 0.05) is 32.9 Å². The molecule has 0 saturated carbocycles. The van der Waals surface area contributed by atoms with Crippen molar-refractivity contribution in [3.8, 4) is 0 Å². The van der Waals surface area contributed by atoms with Crippen LogP contribution in [0.3, 0.4) is 0 Å². The second-order valence-corrected chi connectivity index (χ2v) is 9.14. The summed E-state index contributed by atoms with van der Waals surface area (Å²) in [5, 5.41) is 10.3. The molecule has 0 spiro atoms. The van der Waals surface area contributed by atoms with Crippen LogP contribution in [-0.4, -0.2) is 74.3 Å². The summed E-state index contributed by atoms with van der Waals surface area (Å²) >= 11 is 0. The largest absolute Gasteiger partial charge is 0.383 e. The highest BCUT2D eigenvalue weighted by molar-refractivity contribution is 7.89. The number of amides is 1. The van der Waals surface area contributed by atoms with E-state index >= 15 is 0 Å². The lowest BCUT2D eigenvalue weighted by Crippen LogP contribution is -2.46. The van der Waals surface area contributed by atoms with Gasteiger partial charge < -0.3 is 15.4 Å². The number of carbonyl (C=O) groups excluding carboxylic acids is 1. The van der Waals surface area contributed by atoms with Gasteiger partial charge in [-0.2, -0.15) is 9.40 Å². The van der Waals surface area contributed by atoms with E-state index in [0.717, 1.165) is 32.2 Å². The quantitative estimate of drug-likeness (QED) is 0.627. The number of hydrogen-bond donors (Lipinski definition) is 2. The van der Waals surface area contributed by atoms with Crippen molar-refractivity contribution in [2.45, 2.75) is 43.2 Å². The van der Waals surface area contributed by atoms with Crippen molar-refractivity contribution < 1.29 is 17.9 Å². The maximum Gasteiger partial charge on any atom is 0.246 e. The van der Waals surface area contributed by atoms with Gasteiger partial charge in [0.05, 0.1) is 25.4 Å². The fourth-order valence-corrected chi connectivity index (χ4v) is 5.13. The van der Waals surface area contributed by atoms with E-state index in [1.807, 2.05) is 0 Å². The third kappa shape index (κ3) is 5.07. The Hall–Kier alpha value is -1.49. The predicted octanol–water partition coefficient (Wildman–Crippen LogP) is -0.202. The van der Waals surface area contributed by atoms with Crippen molar-refractivity contribution in [3.63, 3.8) is 0 Å². The van der Waals surface area contributed by atoms with Gasteiger partial charge >= 0.3 is 0 Å². The van der Waals surface area contributed by atoms with Crippen LogP contribution in [0.25, 0.3) is 0 Å². The lowest BCUT2D eigenvalue weighted by molar-refractivity contribution is -0.123. The van der Waals surface area contributed by atoms with Crippen molar-refractivity contribution in [1.29, 1.82) is 0 Å². The van der Waals surface area contributed by atoms with Crippen LogP contribution in [-0.2, 0) is 26.1 Å². The number of rotatable bonds is 8.